The summed E-state index contributed by atoms with van der Waals surface area (Å²) in [7, 11) is 1.89. The second-order valence-electron chi connectivity index (χ2n) is 4.79. The average Bonchev–Trinajstić information content (AvgIpc) is 2.34. The van der Waals surface area contributed by atoms with Crippen LogP contribution in [0.3, 0.4) is 0 Å². The van der Waals surface area contributed by atoms with Crippen molar-refractivity contribution < 1.29 is 4.39 Å². The molecule has 0 saturated heterocycles. The maximum absolute atomic E-state index is 13.7. The first-order chi connectivity index (χ1) is 9.02. The molecule has 0 aliphatic carbocycles. The first-order valence-electron chi connectivity index (χ1n) is 6.22. The van der Waals surface area contributed by atoms with Gasteiger partial charge in [0, 0.05) is 0 Å². The van der Waals surface area contributed by atoms with E-state index in [-0.39, 0.29) is 11.9 Å². The third-order valence-electron chi connectivity index (χ3n) is 3.16. The minimum Gasteiger partial charge on any atom is -0.309 e. The molecule has 100 valence electrons. The van der Waals surface area contributed by atoms with E-state index >= 15 is 0 Å². The fourth-order valence-electron chi connectivity index (χ4n) is 2.42. The van der Waals surface area contributed by atoms with Gasteiger partial charge in [0.2, 0.25) is 0 Å². The molecule has 0 heterocycles. The molecular formula is C16H17BrFN. The third kappa shape index (κ3) is 3.04. The zero-order valence-electron chi connectivity index (χ0n) is 11.3. The highest BCUT2D eigenvalue weighted by molar-refractivity contribution is 9.10. The molecule has 2 aromatic rings. The Morgan fingerprint density at radius 1 is 1.11 bits per heavy atom. The number of aryl methyl sites for hydroxylation is 2. The van der Waals surface area contributed by atoms with Gasteiger partial charge in [0.1, 0.15) is 5.82 Å². The van der Waals surface area contributed by atoms with Crippen LogP contribution in [0.15, 0.2) is 40.9 Å². The number of nitrogens with one attached hydrogen (secondary N) is 1. The third-order valence-corrected chi connectivity index (χ3v) is 4.00. The highest BCUT2D eigenvalue weighted by Gasteiger charge is 2.17. The Kier molecular flexibility index (Phi) is 4.38. The molecule has 1 unspecified atom stereocenters. The summed E-state index contributed by atoms with van der Waals surface area (Å²) in [6.45, 7) is 4.15. The number of rotatable bonds is 3. The summed E-state index contributed by atoms with van der Waals surface area (Å²) in [5.41, 5.74) is 4.48. The molecule has 0 radical (unpaired) electrons. The van der Waals surface area contributed by atoms with Crippen molar-refractivity contribution in [1.29, 1.82) is 0 Å². The Balaban J connectivity index is 2.53. The predicted molar refractivity (Wildman–Crippen MR) is 80.9 cm³/mol. The van der Waals surface area contributed by atoms with Gasteiger partial charge in [0.05, 0.1) is 10.5 Å². The van der Waals surface area contributed by atoms with E-state index in [9.17, 15) is 4.39 Å². The van der Waals surface area contributed by atoms with Crippen LogP contribution < -0.4 is 5.32 Å². The summed E-state index contributed by atoms with van der Waals surface area (Å²) >= 11 is 3.34. The Morgan fingerprint density at radius 2 is 1.74 bits per heavy atom. The first-order valence-corrected chi connectivity index (χ1v) is 7.01. The molecule has 1 atom stereocenters. The molecule has 3 heteroatoms. The van der Waals surface area contributed by atoms with Gasteiger partial charge in [-0.15, -0.1) is 0 Å². The molecule has 0 spiro atoms. The van der Waals surface area contributed by atoms with E-state index in [4.69, 9.17) is 0 Å². The molecule has 1 nitrogen and oxygen atoms in total. The lowest BCUT2D eigenvalue weighted by Gasteiger charge is -2.20. The molecule has 0 saturated carbocycles. The second-order valence-corrected chi connectivity index (χ2v) is 5.58. The molecule has 0 fully saturated rings. The monoisotopic (exact) mass is 321 g/mol. The fourth-order valence-corrected chi connectivity index (χ4v) is 2.91. The van der Waals surface area contributed by atoms with Crippen LogP contribution in [0.2, 0.25) is 0 Å². The van der Waals surface area contributed by atoms with Crippen molar-refractivity contribution in [3.8, 4) is 0 Å². The van der Waals surface area contributed by atoms with Gasteiger partial charge in [-0.2, -0.15) is 0 Å². The number of benzene rings is 2. The van der Waals surface area contributed by atoms with Gasteiger partial charge in [-0.1, -0.05) is 41.5 Å². The summed E-state index contributed by atoms with van der Waals surface area (Å²) in [4.78, 5) is 0. The molecule has 1 N–H and O–H groups in total. The largest absolute Gasteiger partial charge is 0.309 e. The van der Waals surface area contributed by atoms with Crippen LogP contribution in [0.4, 0.5) is 4.39 Å². The Hall–Kier alpha value is -1.19. The van der Waals surface area contributed by atoms with Crippen LogP contribution in [0.1, 0.15) is 28.3 Å². The second kappa shape index (κ2) is 5.85. The van der Waals surface area contributed by atoms with Gasteiger partial charge in [0.15, 0.2) is 0 Å². The van der Waals surface area contributed by atoms with Gasteiger partial charge in [-0.3, -0.25) is 0 Å². The number of hydrogen-bond acceptors (Lipinski definition) is 1. The summed E-state index contributed by atoms with van der Waals surface area (Å²) in [5.74, 6) is -0.234. The zero-order valence-corrected chi connectivity index (χ0v) is 12.9. The summed E-state index contributed by atoms with van der Waals surface area (Å²) < 4.78 is 14.2. The van der Waals surface area contributed by atoms with Gasteiger partial charge in [-0.05, 0) is 54.0 Å². The minimum absolute atomic E-state index is 0.0244. The van der Waals surface area contributed by atoms with E-state index in [1.165, 1.54) is 17.2 Å². The molecule has 2 rings (SSSR count). The average molecular weight is 322 g/mol. The van der Waals surface area contributed by atoms with Gasteiger partial charge >= 0.3 is 0 Å². The highest BCUT2D eigenvalue weighted by atomic mass is 79.9. The van der Waals surface area contributed by atoms with E-state index < -0.39 is 0 Å². The van der Waals surface area contributed by atoms with Crippen molar-refractivity contribution in [2.75, 3.05) is 7.05 Å². The van der Waals surface area contributed by atoms with Gasteiger partial charge in [-0.25, -0.2) is 4.39 Å². The molecule has 0 aliphatic rings. The maximum atomic E-state index is 13.7. The lowest BCUT2D eigenvalue weighted by molar-refractivity contribution is 0.608. The SMILES string of the molecule is CNC(c1cc(C)cc(C)c1)c1cccc(F)c1Br. The smallest absolute Gasteiger partial charge is 0.137 e. The van der Waals surface area contributed by atoms with Crippen molar-refractivity contribution in [1.82, 2.24) is 5.32 Å². The van der Waals surface area contributed by atoms with Crippen molar-refractivity contribution >= 4 is 15.9 Å². The predicted octanol–water partition coefficient (Wildman–Crippen LogP) is 4.51. The quantitative estimate of drug-likeness (QED) is 0.876. The van der Waals surface area contributed by atoms with Crippen molar-refractivity contribution in [2.45, 2.75) is 19.9 Å². The maximum Gasteiger partial charge on any atom is 0.137 e. The molecular weight excluding hydrogens is 305 g/mol. The van der Waals surface area contributed by atoms with E-state index in [1.54, 1.807) is 6.07 Å². The molecule has 0 aromatic heterocycles. The summed E-state index contributed by atoms with van der Waals surface area (Å²) in [6, 6.07) is 11.5. The Bertz CT molecular complexity index is 575. The van der Waals surface area contributed by atoms with E-state index in [2.05, 4.69) is 53.3 Å². The lowest BCUT2D eigenvalue weighted by atomic mass is 9.96. The first kappa shape index (κ1) is 14.2. The number of hydrogen-bond donors (Lipinski definition) is 1. The van der Waals surface area contributed by atoms with Gasteiger partial charge < -0.3 is 5.32 Å². The minimum atomic E-state index is -0.234. The van der Waals surface area contributed by atoms with Crippen LogP contribution >= 0.6 is 15.9 Å². The van der Waals surface area contributed by atoms with E-state index in [1.807, 2.05) is 13.1 Å². The normalized spacial score (nSPS) is 12.5. The highest BCUT2D eigenvalue weighted by Crippen LogP contribution is 2.31. The van der Waals surface area contributed by atoms with Crippen molar-refractivity contribution in [3.63, 3.8) is 0 Å². The molecule has 0 bridgehead atoms. The number of halogens is 2. The molecule has 2 aromatic carbocycles. The summed E-state index contributed by atoms with van der Waals surface area (Å²) in [6.07, 6.45) is 0. The van der Waals surface area contributed by atoms with Crippen LogP contribution in [-0.4, -0.2) is 7.05 Å². The van der Waals surface area contributed by atoms with Crippen LogP contribution in [0.25, 0.3) is 0 Å². The molecule has 0 aliphatic heterocycles. The Morgan fingerprint density at radius 3 is 2.32 bits per heavy atom. The van der Waals surface area contributed by atoms with Gasteiger partial charge in [0.25, 0.3) is 0 Å². The standard InChI is InChI=1S/C16H17BrFN/c1-10-7-11(2)9-12(8-10)16(19-3)13-5-4-6-14(18)15(13)17/h4-9,16,19H,1-3H3. The fraction of sp³-hybridized carbons (Fsp3) is 0.250. The summed E-state index contributed by atoms with van der Waals surface area (Å²) in [5, 5.41) is 3.26. The molecule has 19 heavy (non-hydrogen) atoms. The van der Waals surface area contributed by atoms with Crippen LogP contribution in [-0.2, 0) is 0 Å². The van der Waals surface area contributed by atoms with Crippen LogP contribution in [0, 0.1) is 19.7 Å². The van der Waals surface area contributed by atoms with Crippen LogP contribution in [0.5, 0.6) is 0 Å². The Labute approximate surface area is 122 Å². The topological polar surface area (TPSA) is 12.0 Å². The zero-order chi connectivity index (χ0) is 14.0. The molecule has 0 amide bonds. The van der Waals surface area contributed by atoms with Crippen molar-refractivity contribution in [2.24, 2.45) is 0 Å². The van der Waals surface area contributed by atoms with E-state index in [0.717, 1.165) is 11.1 Å². The van der Waals surface area contributed by atoms with E-state index in [0.29, 0.717) is 4.47 Å². The lowest BCUT2D eigenvalue weighted by Crippen LogP contribution is -2.18. The van der Waals surface area contributed by atoms with Crippen molar-refractivity contribution in [3.05, 3.63) is 68.9 Å².